The van der Waals surface area contributed by atoms with Crippen LogP contribution < -0.4 is 9.47 Å². The van der Waals surface area contributed by atoms with Crippen molar-refractivity contribution in [1.29, 1.82) is 0 Å². The van der Waals surface area contributed by atoms with Crippen molar-refractivity contribution in [3.8, 4) is 22.9 Å². The number of ether oxygens (including phenoxy) is 2. The van der Waals surface area contributed by atoms with E-state index in [1.54, 1.807) is 26.3 Å². The predicted octanol–water partition coefficient (Wildman–Crippen LogP) is 4.84. The van der Waals surface area contributed by atoms with Crippen LogP contribution in [0.2, 0.25) is 5.02 Å². The van der Waals surface area contributed by atoms with Crippen molar-refractivity contribution in [3.05, 3.63) is 64.2 Å². The van der Waals surface area contributed by atoms with Gasteiger partial charge in [-0.3, -0.25) is 9.78 Å². The molecule has 1 aromatic carbocycles. The number of hydrogen-bond donors (Lipinski definition) is 1. The van der Waals surface area contributed by atoms with E-state index >= 15 is 0 Å². The number of rotatable bonds is 6. The van der Waals surface area contributed by atoms with E-state index in [0.717, 1.165) is 41.1 Å². The summed E-state index contributed by atoms with van der Waals surface area (Å²) in [5.41, 5.74) is 4.94. The molecule has 3 aromatic rings. The second kappa shape index (κ2) is 9.12. The molecule has 0 saturated heterocycles. The van der Waals surface area contributed by atoms with Crippen molar-refractivity contribution in [2.75, 3.05) is 7.11 Å². The highest BCUT2D eigenvalue weighted by Crippen LogP contribution is 2.37. The number of fused-ring (bicyclic) bond motifs is 1. The van der Waals surface area contributed by atoms with Crippen LogP contribution in [0.5, 0.6) is 11.6 Å². The Bertz CT molecular complexity index is 1170. The highest BCUT2D eigenvalue weighted by Gasteiger charge is 2.25. The summed E-state index contributed by atoms with van der Waals surface area (Å²) < 4.78 is 11.5. The largest absolute Gasteiger partial charge is 0.484 e. The van der Waals surface area contributed by atoms with Gasteiger partial charge in [0.25, 0.3) is 0 Å². The lowest BCUT2D eigenvalue weighted by atomic mass is 9.95. The fourth-order valence-corrected chi connectivity index (χ4v) is 4.04. The Kier molecular flexibility index (Phi) is 6.28. The van der Waals surface area contributed by atoms with Crippen molar-refractivity contribution >= 4 is 17.6 Å². The molecular weight excluding hydrogens is 430 g/mol. The van der Waals surface area contributed by atoms with Crippen LogP contribution in [0, 0.1) is 12.8 Å². The average Bonchev–Trinajstić information content (AvgIpc) is 2.78. The zero-order valence-corrected chi connectivity index (χ0v) is 18.9. The minimum absolute atomic E-state index is 0.223. The van der Waals surface area contributed by atoms with Crippen molar-refractivity contribution in [2.45, 2.75) is 39.2 Å². The highest BCUT2D eigenvalue weighted by atomic mass is 35.5. The number of halogens is 1. The monoisotopic (exact) mass is 453 g/mol. The predicted molar refractivity (Wildman–Crippen MR) is 120 cm³/mol. The van der Waals surface area contributed by atoms with E-state index in [0.29, 0.717) is 28.6 Å². The van der Waals surface area contributed by atoms with Crippen LogP contribution in [0.15, 0.2) is 36.7 Å². The number of benzene rings is 1. The first kappa shape index (κ1) is 22.0. The summed E-state index contributed by atoms with van der Waals surface area (Å²) in [6, 6.07) is 7.68. The number of carboxylic acids is 1. The smallest absolute Gasteiger partial charge is 0.306 e. The normalized spacial score (nSPS) is 16.1. The van der Waals surface area contributed by atoms with E-state index in [-0.39, 0.29) is 6.10 Å². The summed E-state index contributed by atoms with van der Waals surface area (Å²) >= 11 is 6.31. The van der Waals surface area contributed by atoms with Gasteiger partial charge in [0.2, 0.25) is 5.88 Å². The summed E-state index contributed by atoms with van der Waals surface area (Å²) in [6.07, 6.45) is 5.10. The SMILES string of the molecule is COc1cc(-c2cnc(C3CCc4ccc(CC(C)C(=O)O)cc4O3)c(C)n2)c(Cl)cn1. The number of aromatic nitrogens is 3. The molecule has 4 rings (SSSR count). The molecular formula is C24H24ClN3O4. The molecule has 32 heavy (non-hydrogen) atoms. The third-order valence-electron chi connectivity index (χ3n) is 5.65. The first-order valence-corrected chi connectivity index (χ1v) is 10.8. The number of carboxylic acid groups (broad SMARTS) is 1. The van der Waals surface area contributed by atoms with Crippen molar-refractivity contribution in [3.63, 3.8) is 0 Å². The molecule has 2 unspecified atom stereocenters. The summed E-state index contributed by atoms with van der Waals surface area (Å²) in [6.45, 7) is 3.61. The zero-order chi connectivity index (χ0) is 22.8. The van der Waals surface area contributed by atoms with Gasteiger partial charge in [0.1, 0.15) is 17.5 Å². The summed E-state index contributed by atoms with van der Waals surface area (Å²) in [7, 11) is 1.55. The highest BCUT2D eigenvalue weighted by molar-refractivity contribution is 6.33. The third kappa shape index (κ3) is 4.53. The van der Waals surface area contributed by atoms with Crippen LogP contribution in [0.3, 0.4) is 0 Å². The number of aliphatic carboxylic acids is 1. The maximum absolute atomic E-state index is 11.2. The maximum atomic E-state index is 11.2. The number of hydrogen-bond acceptors (Lipinski definition) is 6. The Labute approximate surface area is 191 Å². The van der Waals surface area contributed by atoms with Gasteiger partial charge in [-0.15, -0.1) is 0 Å². The summed E-state index contributed by atoms with van der Waals surface area (Å²) in [5.74, 6) is -0.0251. The van der Waals surface area contributed by atoms with Gasteiger partial charge in [-0.05, 0) is 43.4 Å². The molecule has 166 valence electrons. The van der Waals surface area contributed by atoms with E-state index in [1.165, 1.54) is 6.20 Å². The van der Waals surface area contributed by atoms with Crippen molar-refractivity contribution in [2.24, 2.45) is 5.92 Å². The second-order valence-electron chi connectivity index (χ2n) is 7.96. The van der Waals surface area contributed by atoms with E-state index in [1.807, 2.05) is 25.1 Å². The molecule has 2 atom stereocenters. The van der Waals surface area contributed by atoms with Gasteiger partial charge in [-0.1, -0.05) is 30.7 Å². The quantitative estimate of drug-likeness (QED) is 0.570. The van der Waals surface area contributed by atoms with Gasteiger partial charge in [0, 0.05) is 11.6 Å². The summed E-state index contributed by atoms with van der Waals surface area (Å²) in [4.78, 5) is 24.7. The topological polar surface area (TPSA) is 94.4 Å². The molecule has 0 fully saturated rings. The molecule has 2 aromatic heterocycles. The Morgan fingerprint density at radius 2 is 2.12 bits per heavy atom. The maximum Gasteiger partial charge on any atom is 0.306 e. The van der Waals surface area contributed by atoms with Gasteiger partial charge in [-0.25, -0.2) is 9.97 Å². The van der Waals surface area contributed by atoms with Crippen LogP contribution in [-0.4, -0.2) is 33.1 Å². The number of carbonyl (C=O) groups is 1. The number of methoxy groups -OCH3 is 1. The van der Waals surface area contributed by atoms with Crippen LogP contribution in [-0.2, 0) is 17.6 Å². The van der Waals surface area contributed by atoms with Gasteiger partial charge in [0.15, 0.2) is 0 Å². The average molecular weight is 454 g/mol. The Morgan fingerprint density at radius 1 is 1.31 bits per heavy atom. The van der Waals surface area contributed by atoms with Crippen LogP contribution >= 0.6 is 11.6 Å². The van der Waals surface area contributed by atoms with Crippen LogP contribution in [0.4, 0.5) is 0 Å². The molecule has 0 bridgehead atoms. The lowest BCUT2D eigenvalue weighted by Gasteiger charge is -2.27. The Morgan fingerprint density at radius 3 is 2.84 bits per heavy atom. The Hall–Kier alpha value is -3.19. The minimum Gasteiger partial charge on any atom is -0.484 e. The number of pyridine rings is 1. The van der Waals surface area contributed by atoms with Gasteiger partial charge in [0.05, 0.1) is 41.8 Å². The molecule has 0 spiro atoms. The molecule has 0 radical (unpaired) electrons. The van der Waals surface area contributed by atoms with Crippen molar-refractivity contribution in [1.82, 2.24) is 15.0 Å². The van der Waals surface area contributed by atoms with Crippen molar-refractivity contribution < 1.29 is 19.4 Å². The lowest BCUT2D eigenvalue weighted by molar-refractivity contribution is -0.141. The number of nitrogens with zero attached hydrogens (tertiary/aromatic N) is 3. The fraction of sp³-hybridized carbons (Fsp3) is 0.333. The molecule has 1 aliphatic heterocycles. The van der Waals surface area contributed by atoms with E-state index in [9.17, 15) is 9.90 Å². The molecule has 3 heterocycles. The van der Waals surface area contributed by atoms with Gasteiger partial charge < -0.3 is 14.6 Å². The standard InChI is InChI=1S/C24H24ClN3O4/c1-13(24(29)30)8-15-4-5-16-6-7-20(32-21(16)9-15)23-14(2)28-19(12-27-23)17-10-22(31-3)26-11-18(17)25/h4-5,9-13,20H,6-8H2,1-3H3,(H,29,30). The van der Waals surface area contributed by atoms with E-state index < -0.39 is 11.9 Å². The Balaban J connectivity index is 1.58. The van der Waals surface area contributed by atoms with E-state index in [4.69, 9.17) is 26.1 Å². The molecule has 1 aliphatic rings. The van der Waals surface area contributed by atoms with Gasteiger partial charge >= 0.3 is 5.97 Å². The molecule has 0 saturated carbocycles. The minimum atomic E-state index is -0.806. The van der Waals surface area contributed by atoms with E-state index in [2.05, 4.69) is 9.97 Å². The fourth-order valence-electron chi connectivity index (χ4n) is 3.84. The second-order valence-corrected chi connectivity index (χ2v) is 8.37. The molecule has 1 N–H and O–H groups in total. The third-order valence-corrected chi connectivity index (χ3v) is 5.95. The molecule has 0 amide bonds. The molecule has 0 aliphatic carbocycles. The lowest BCUT2D eigenvalue weighted by Crippen LogP contribution is -2.19. The van der Waals surface area contributed by atoms with Crippen LogP contribution in [0.25, 0.3) is 11.3 Å². The van der Waals surface area contributed by atoms with Gasteiger partial charge in [-0.2, -0.15) is 0 Å². The first-order valence-electron chi connectivity index (χ1n) is 10.4. The first-order chi connectivity index (χ1) is 15.4. The zero-order valence-electron chi connectivity index (χ0n) is 18.1. The van der Waals surface area contributed by atoms with Crippen LogP contribution in [0.1, 0.15) is 42.0 Å². The number of aryl methyl sites for hydroxylation is 2. The molecule has 8 heteroatoms. The summed E-state index contributed by atoms with van der Waals surface area (Å²) in [5, 5.41) is 9.66. The molecule has 7 nitrogen and oxygen atoms in total.